The first-order valence-corrected chi connectivity index (χ1v) is 4.70. The lowest BCUT2D eigenvalue weighted by Crippen LogP contribution is -2.22. The second kappa shape index (κ2) is 3.48. The summed E-state index contributed by atoms with van der Waals surface area (Å²) in [6.07, 6.45) is 0.0931. The van der Waals surface area contributed by atoms with Crippen molar-refractivity contribution in [2.24, 2.45) is 0 Å². The van der Waals surface area contributed by atoms with E-state index in [1.807, 2.05) is 0 Å². The zero-order valence-electron chi connectivity index (χ0n) is 8.08. The quantitative estimate of drug-likeness (QED) is 0.708. The van der Waals surface area contributed by atoms with Crippen LogP contribution in [0.3, 0.4) is 0 Å². The van der Waals surface area contributed by atoms with Gasteiger partial charge in [0, 0.05) is 6.04 Å². The van der Waals surface area contributed by atoms with Crippen LogP contribution in [-0.4, -0.2) is 12.6 Å². The second-order valence-electron chi connectivity index (χ2n) is 3.69. The van der Waals surface area contributed by atoms with E-state index in [2.05, 4.69) is 43.4 Å². The second-order valence-corrected chi connectivity index (χ2v) is 3.69. The van der Waals surface area contributed by atoms with Crippen LogP contribution in [-0.2, 0) is 4.74 Å². The average Bonchev–Trinajstić information content (AvgIpc) is 2.53. The third-order valence-electron chi connectivity index (χ3n) is 2.33. The third-order valence-corrected chi connectivity index (χ3v) is 2.33. The van der Waals surface area contributed by atoms with Crippen LogP contribution in [0.15, 0.2) is 24.3 Å². The molecule has 1 saturated heterocycles. The van der Waals surface area contributed by atoms with Crippen molar-refractivity contribution in [2.75, 3.05) is 6.61 Å². The molecule has 13 heavy (non-hydrogen) atoms. The van der Waals surface area contributed by atoms with Gasteiger partial charge in [-0.15, -0.1) is 0 Å². The molecule has 0 spiro atoms. The maximum Gasteiger partial charge on any atom is 0.134 e. The smallest absolute Gasteiger partial charge is 0.134 e. The van der Waals surface area contributed by atoms with E-state index in [4.69, 9.17) is 4.74 Å². The average molecular weight is 177 g/mol. The summed E-state index contributed by atoms with van der Waals surface area (Å²) in [7, 11) is 0. The topological polar surface area (TPSA) is 21.3 Å². The summed E-state index contributed by atoms with van der Waals surface area (Å²) in [5, 5.41) is 3.37. The minimum absolute atomic E-state index is 0.0931. The SMILES string of the molecule is Cc1ccc(C2NC(C)CO2)cc1. The standard InChI is InChI=1S/C11H15NO/c1-8-3-5-10(6-4-8)11-12-9(2)7-13-11/h3-6,9,11-12H,7H2,1-2H3. The lowest BCUT2D eigenvalue weighted by atomic mass is 10.1. The molecule has 1 aliphatic heterocycles. The highest BCUT2D eigenvalue weighted by Crippen LogP contribution is 2.20. The van der Waals surface area contributed by atoms with Crippen LogP contribution >= 0.6 is 0 Å². The Hall–Kier alpha value is -0.860. The van der Waals surface area contributed by atoms with Crippen LogP contribution in [0.25, 0.3) is 0 Å². The van der Waals surface area contributed by atoms with Gasteiger partial charge in [0.25, 0.3) is 0 Å². The molecular formula is C11H15NO. The van der Waals surface area contributed by atoms with Crippen LogP contribution < -0.4 is 5.32 Å². The molecule has 2 nitrogen and oxygen atoms in total. The molecular weight excluding hydrogens is 162 g/mol. The summed E-state index contributed by atoms with van der Waals surface area (Å²) in [5.74, 6) is 0. The summed E-state index contributed by atoms with van der Waals surface area (Å²) in [6, 6.07) is 8.93. The zero-order valence-corrected chi connectivity index (χ0v) is 8.08. The molecule has 0 aromatic heterocycles. The predicted molar refractivity (Wildman–Crippen MR) is 52.5 cm³/mol. The van der Waals surface area contributed by atoms with Crippen LogP contribution in [0.4, 0.5) is 0 Å². The first kappa shape index (κ1) is 8.73. The molecule has 70 valence electrons. The van der Waals surface area contributed by atoms with Gasteiger partial charge in [0.05, 0.1) is 6.61 Å². The van der Waals surface area contributed by atoms with Crippen molar-refractivity contribution in [3.63, 3.8) is 0 Å². The highest BCUT2D eigenvalue weighted by Gasteiger charge is 2.21. The predicted octanol–water partition coefficient (Wildman–Crippen LogP) is 2.00. The molecule has 0 bridgehead atoms. The van der Waals surface area contributed by atoms with Crippen LogP contribution in [0.5, 0.6) is 0 Å². The van der Waals surface area contributed by atoms with Gasteiger partial charge in [0.2, 0.25) is 0 Å². The first-order chi connectivity index (χ1) is 6.25. The summed E-state index contributed by atoms with van der Waals surface area (Å²) < 4.78 is 5.58. The van der Waals surface area contributed by atoms with Crippen molar-refractivity contribution in [2.45, 2.75) is 26.1 Å². The van der Waals surface area contributed by atoms with Gasteiger partial charge in [0.15, 0.2) is 0 Å². The molecule has 0 amide bonds. The molecule has 1 fully saturated rings. The molecule has 0 aliphatic carbocycles. The molecule has 1 N–H and O–H groups in total. The first-order valence-electron chi connectivity index (χ1n) is 4.70. The van der Waals surface area contributed by atoms with Gasteiger partial charge in [0.1, 0.15) is 6.23 Å². The molecule has 2 rings (SSSR count). The number of benzene rings is 1. The maximum absolute atomic E-state index is 5.58. The van der Waals surface area contributed by atoms with E-state index in [0.29, 0.717) is 6.04 Å². The Balaban J connectivity index is 2.13. The summed E-state index contributed by atoms with van der Waals surface area (Å²) in [5.41, 5.74) is 2.50. The number of ether oxygens (including phenoxy) is 1. The van der Waals surface area contributed by atoms with E-state index in [-0.39, 0.29) is 6.23 Å². The van der Waals surface area contributed by atoms with Crippen molar-refractivity contribution in [3.05, 3.63) is 35.4 Å². The molecule has 2 atom stereocenters. The monoisotopic (exact) mass is 177 g/mol. The minimum atomic E-state index is 0.0931. The van der Waals surface area contributed by atoms with Crippen molar-refractivity contribution in [3.8, 4) is 0 Å². The molecule has 2 heteroatoms. The highest BCUT2D eigenvalue weighted by atomic mass is 16.5. The molecule has 0 radical (unpaired) electrons. The van der Waals surface area contributed by atoms with Gasteiger partial charge in [-0.25, -0.2) is 0 Å². The van der Waals surface area contributed by atoms with Gasteiger partial charge in [-0.05, 0) is 19.4 Å². The lowest BCUT2D eigenvalue weighted by Gasteiger charge is -2.10. The number of nitrogens with one attached hydrogen (secondary N) is 1. The Bertz CT molecular complexity index is 281. The van der Waals surface area contributed by atoms with Gasteiger partial charge in [-0.3, -0.25) is 5.32 Å². The van der Waals surface area contributed by atoms with Crippen molar-refractivity contribution < 1.29 is 4.74 Å². The molecule has 1 aromatic carbocycles. The Labute approximate surface area is 78.9 Å². The van der Waals surface area contributed by atoms with Crippen molar-refractivity contribution >= 4 is 0 Å². The van der Waals surface area contributed by atoms with Crippen molar-refractivity contribution in [1.29, 1.82) is 0 Å². The number of hydrogen-bond acceptors (Lipinski definition) is 2. The third kappa shape index (κ3) is 1.90. The van der Waals surface area contributed by atoms with E-state index in [9.17, 15) is 0 Å². The molecule has 1 aliphatic rings. The van der Waals surface area contributed by atoms with Gasteiger partial charge < -0.3 is 4.74 Å². The van der Waals surface area contributed by atoms with Crippen molar-refractivity contribution in [1.82, 2.24) is 5.32 Å². The molecule has 1 heterocycles. The van der Waals surface area contributed by atoms with Gasteiger partial charge in [-0.1, -0.05) is 29.8 Å². The summed E-state index contributed by atoms with van der Waals surface area (Å²) in [4.78, 5) is 0. The molecule has 0 saturated carbocycles. The Morgan fingerprint density at radius 3 is 2.54 bits per heavy atom. The van der Waals surface area contributed by atoms with Gasteiger partial charge in [-0.2, -0.15) is 0 Å². The Morgan fingerprint density at radius 2 is 2.00 bits per heavy atom. The van der Waals surface area contributed by atoms with Gasteiger partial charge >= 0.3 is 0 Å². The molecule has 2 unspecified atom stereocenters. The van der Waals surface area contributed by atoms with E-state index < -0.39 is 0 Å². The minimum Gasteiger partial charge on any atom is -0.357 e. The Morgan fingerprint density at radius 1 is 1.31 bits per heavy atom. The summed E-state index contributed by atoms with van der Waals surface area (Å²) >= 11 is 0. The van der Waals surface area contributed by atoms with E-state index in [1.54, 1.807) is 0 Å². The van der Waals surface area contributed by atoms with E-state index >= 15 is 0 Å². The van der Waals surface area contributed by atoms with Crippen LogP contribution in [0.2, 0.25) is 0 Å². The van der Waals surface area contributed by atoms with E-state index in [1.165, 1.54) is 11.1 Å². The zero-order chi connectivity index (χ0) is 9.26. The van der Waals surface area contributed by atoms with Crippen LogP contribution in [0, 0.1) is 6.92 Å². The lowest BCUT2D eigenvalue weighted by molar-refractivity contribution is 0.101. The summed E-state index contributed by atoms with van der Waals surface area (Å²) in [6.45, 7) is 5.03. The Kier molecular flexibility index (Phi) is 2.34. The maximum atomic E-state index is 5.58. The fourth-order valence-electron chi connectivity index (χ4n) is 1.53. The normalized spacial score (nSPS) is 27.8. The number of hydrogen-bond donors (Lipinski definition) is 1. The van der Waals surface area contributed by atoms with Crippen LogP contribution in [0.1, 0.15) is 24.3 Å². The largest absolute Gasteiger partial charge is 0.357 e. The highest BCUT2D eigenvalue weighted by molar-refractivity contribution is 5.23. The number of rotatable bonds is 1. The fourth-order valence-corrected chi connectivity index (χ4v) is 1.53. The number of aryl methyl sites for hydroxylation is 1. The molecule has 1 aromatic rings. The fraction of sp³-hybridized carbons (Fsp3) is 0.455. The van der Waals surface area contributed by atoms with E-state index in [0.717, 1.165) is 6.61 Å².